The summed E-state index contributed by atoms with van der Waals surface area (Å²) in [6.45, 7) is 6.53. The van der Waals surface area contributed by atoms with Gasteiger partial charge in [-0.2, -0.15) is 0 Å². The topological polar surface area (TPSA) is 12.0 Å². The van der Waals surface area contributed by atoms with Gasteiger partial charge in [-0.3, -0.25) is 0 Å². The summed E-state index contributed by atoms with van der Waals surface area (Å²) in [4.78, 5) is 0. The molecule has 3 rings (SSSR count). The van der Waals surface area contributed by atoms with Crippen LogP contribution in [0.4, 0.5) is 5.69 Å². The second-order valence-corrected chi connectivity index (χ2v) is 7.25. The molecule has 1 N–H and O–H groups in total. The Kier molecular flexibility index (Phi) is 4.08. The van der Waals surface area contributed by atoms with Crippen LogP contribution in [0.2, 0.25) is 0 Å². The highest BCUT2D eigenvalue weighted by Crippen LogP contribution is 2.39. The molecule has 21 heavy (non-hydrogen) atoms. The maximum atomic E-state index is 3.74. The Balaban J connectivity index is 1.65. The van der Waals surface area contributed by atoms with Crippen molar-refractivity contribution < 1.29 is 0 Å². The van der Waals surface area contributed by atoms with Gasteiger partial charge in [0, 0.05) is 16.2 Å². The summed E-state index contributed by atoms with van der Waals surface area (Å²) in [6, 6.07) is 13.9. The van der Waals surface area contributed by atoms with Crippen molar-refractivity contribution in [2.75, 3.05) is 5.32 Å². The van der Waals surface area contributed by atoms with Crippen molar-refractivity contribution in [1.29, 1.82) is 0 Å². The van der Waals surface area contributed by atoms with Gasteiger partial charge in [-0.1, -0.05) is 45.8 Å². The first-order valence-corrected chi connectivity index (χ1v) is 8.42. The molecule has 0 unspecified atom stereocenters. The monoisotopic (exact) mass is 343 g/mol. The number of hydrogen-bond donors (Lipinski definition) is 1. The smallest absolute Gasteiger partial charge is 0.0402 e. The number of halogens is 1. The van der Waals surface area contributed by atoms with Gasteiger partial charge in [-0.25, -0.2) is 0 Å². The van der Waals surface area contributed by atoms with E-state index in [1.165, 1.54) is 40.8 Å². The number of benzene rings is 2. The minimum absolute atomic E-state index is 0.606. The quantitative estimate of drug-likeness (QED) is 0.749. The maximum absolute atomic E-state index is 3.74. The molecule has 110 valence electrons. The van der Waals surface area contributed by atoms with Crippen LogP contribution >= 0.6 is 15.9 Å². The fourth-order valence-electron chi connectivity index (χ4n) is 3.27. The van der Waals surface area contributed by atoms with Crippen LogP contribution in [0.3, 0.4) is 0 Å². The lowest BCUT2D eigenvalue weighted by atomic mass is 9.75. The summed E-state index contributed by atoms with van der Waals surface area (Å²) in [6.07, 6.45) is 2.47. The van der Waals surface area contributed by atoms with Crippen molar-refractivity contribution in [1.82, 2.24) is 0 Å². The Bertz CT molecular complexity index is 633. The third-order valence-electron chi connectivity index (χ3n) is 4.50. The SMILES string of the molecule is Cc1cccc(C2CC(Nc3c(C)cc(Br)cc3C)C2)c1. The molecule has 1 saturated carbocycles. The molecule has 1 nitrogen and oxygen atoms in total. The summed E-state index contributed by atoms with van der Waals surface area (Å²) >= 11 is 3.56. The van der Waals surface area contributed by atoms with E-state index in [9.17, 15) is 0 Å². The Morgan fingerprint density at radius 1 is 1.00 bits per heavy atom. The van der Waals surface area contributed by atoms with Crippen molar-refractivity contribution in [3.05, 3.63) is 63.1 Å². The molecule has 0 amide bonds. The largest absolute Gasteiger partial charge is 0.382 e. The molecule has 2 aromatic carbocycles. The van der Waals surface area contributed by atoms with Gasteiger partial charge >= 0.3 is 0 Å². The highest BCUT2D eigenvalue weighted by molar-refractivity contribution is 9.10. The van der Waals surface area contributed by atoms with Crippen molar-refractivity contribution in [2.24, 2.45) is 0 Å². The van der Waals surface area contributed by atoms with Crippen LogP contribution in [0.15, 0.2) is 40.9 Å². The van der Waals surface area contributed by atoms with Gasteiger partial charge in [-0.05, 0) is 68.4 Å². The van der Waals surface area contributed by atoms with E-state index in [1.807, 2.05) is 0 Å². The fraction of sp³-hybridized carbons (Fsp3) is 0.368. The van der Waals surface area contributed by atoms with E-state index in [4.69, 9.17) is 0 Å². The Labute approximate surface area is 135 Å². The summed E-state index contributed by atoms with van der Waals surface area (Å²) in [5.74, 6) is 0.721. The highest BCUT2D eigenvalue weighted by Gasteiger charge is 2.30. The number of aryl methyl sites for hydroxylation is 3. The molecule has 0 saturated heterocycles. The molecule has 0 radical (unpaired) electrons. The normalized spacial score (nSPS) is 21.0. The number of hydrogen-bond acceptors (Lipinski definition) is 1. The van der Waals surface area contributed by atoms with Crippen LogP contribution < -0.4 is 5.32 Å². The zero-order valence-corrected chi connectivity index (χ0v) is 14.5. The van der Waals surface area contributed by atoms with Gasteiger partial charge in [0.2, 0.25) is 0 Å². The molecule has 0 spiro atoms. The molecule has 2 heteroatoms. The fourth-order valence-corrected chi connectivity index (χ4v) is 3.96. The van der Waals surface area contributed by atoms with Crippen LogP contribution in [0, 0.1) is 20.8 Å². The molecular formula is C19H22BrN. The zero-order chi connectivity index (χ0) is 15.0. The van der Waals surface area contributed by atoms with E-state index in [-0.39, 0.29) is 0 Å². The summed E-state index contributed by atoms with van der Waals surface area (Å²) in [7, 11) is 0. The molecule has 1 aliphatic carbocycles. The molecule has 2 aromatic rings. The lowest BCUT2D eigenvalue weighted by molar-refractivity contribution is 0.374. The van der Waals surface area contributed by atoms with E-state index in [1.54, 1.807) is 0 Å². The standard InChI is InChI=1S/C19H22BrN/c1-12-5-4-6-15(7-12)16-10-18(11-16)21-19-13(2)8-17(20)9-14(19)3/h4-9,16,18,21H,10-11H2,1-3H3. The first-order chi connectivity index (χ1) is 10.0. The molecule has 0 heterocycles. The zero-order valence-electron chi connectivity index (χ0n) is 12.9. The molecule has 0 aromatic heterocycles. The lowest BCUT2D eigenvalue weighted by Gasteiger charge is -2.37. The highest BCUT2D eigenvalue weighted by atomic mass is 79.9. The second kappa shape index (κ2) is 5.84. The minimum Gasteiger partial charge on any atom is -0.382 e. The van der Waals surface area contributed by atoms with Gasteiger partial charge in [0.05, 0.1) is 0 Å². The average Bonchev–Trinajstić information content (AvgIpc) is 2.35. The van der Waals surface area contributed by atoms with Crippen LogP contribution in [-0.4, -0.2) is 6.04 Å². The van der Waals surface area contributed by atoms with Gasteiger partial charge in [0.25, 0.3) is 0 Å². The van der Waals surface area contributed by atoms with Crippen LogP contribution in [-0.2, 0) is 0 Å². The van der Waals surface area contributed by atoms with Crippen LogP contribution in [0.1, 0.15) is 41.0 Å². The third kappa shape index (κ3) is 3.16. The maximum Gasteiger partial charge on any atom is 0.0402 e. The Hall–Kier alpha value is -1.28. The Morgan fingerprint density at radius 2 is 1.67 bits per heavy atom. The van der Waals surface area contributed by atoms with Crippen molar-refractivity contribution in [2.45, 2.75) is 45.6 Å². The first kappa shape index (κ1) is 14.6. The molecule has 1 fully saturated rings. The molecule has 0 aliphatic heterocycles. The second-order valence-electron chi connectivity index (χ2n) is 6.34. The van der Waals surface area contributed by atoms with Gasteiger partial charge in [-0.15, -0.1) is 0 Å². The van der Waals surface area contributed by atoms with Crippen molar-refractivity contribution in [3.63, 3.8) is 0 Å². The van der Waals surface area contributed by atoms with Crippen LogP contribution in [0.25, 0.3) is 0 Å². The molecular weight excluding hydrogens is 322 g/mol. The van der Waals surface area contributed by atoms with E-state index in [0.29, 0.717) is 6.04 Å². The predicted molar refractivity (Wildman–Crippen MR) is 94.2 cm³/mol. The predicted octanol–water partition coefficient (Wildman–Crippen LogP) is 5.73. The lowest BCUT2D eigenvalue weighted by Crippen LogP contribution is -2.34. The minimum atomic E-state index is 0.606. The van der Waals surface area contributed by atoms with E-state index < -0.39 is 0 Å². The van der Waals surface area contributed by atoms with Gasteiger partial charge in [0.15, 0.2) is 0 Å². The summed E-state index contributed by atoms with van der Waals surface area (Å²) in [5, 5.41) is 3.74. The number of rotatable bonds is 3. The molecule has 0 bridgehead atoms. The number of anilines is 1. The van der Waals surface area contributed by atoms with Gasteiger partial charge in [0.1, 0.15) is 0 Å². The van der Waals surface area contributed by atoms with E-state index in [2.05, 4.69) is 78.4 Å². The van der Waals surface area contributed by atoms with Crippen molar-refractivity contribution >= 4 is 21.6 Å². The average molecular weight is 344 g/mol. The molecule has 1 aliphatic rings. The first-order valence-electron chi connectivity index (χ1n) is 7.63. The van der Waals surface area contributed by atoms with E-state index in [0.717, 1.165) is 10.4 Å². The molecule has 0 atom stereocenters. The Morgan fingerprint density at radius 3 is 2.29 bits per heavy atom. The summed E-state index contributed by atoms with van der Waals surface area (Å²) in [5.41, 5.74) is 6.81. The van der Waals surface area contributed by atoms with Gasteiger partial charge < -0.3 is 5.32 Å². The van der Waals surface area contributed by atoms with Crippen LogP contribution in [0.5, 0.6) is 0 Å². The summed E-state index contributed by atoms with van der Waals surface area (Å²) < 4.78 is 1.16. The van der Waals surface area contributed by atoms with E-state index >= 15 is 0 Å². The third-order valence-corrected chi connectivity index (χ3v) is 4.96. The van der Waals surface area contributed by atoms with Crippen molar-refractivity contribution in [3.8, 4) is 0 Å². The number of nitrogens with one attached hydrogen (secondary N) is 1.